The molecule has 1 fully saturated rings. The summed E-state index contributed by atoms with van der Waals surface area (Å²) in [5.74, 6) is 1.15. The van der Waals surface area contributed by atoms with Crippen LogP contribution < -0.4 is 11.1 Å². The number of hydrogen-bond acceptors (Lipinski definition) is 9. The van der Waals surface area contributed by atoms with Gasteiger partial charge in [0.15, 0.2) is 17.0 Å². The summed E-state index contributed by atoms with van der Waals surface area (Å²) in [5, 5.41) is 24.6. The third kappa shape index (κ3) is 4.40. The Morgan fingerprint density at radius 3 is 2.88 bits per heavy atom. The van der Waals surface area contributed by atoms with Gasteiger partial charge in [0.1, 0.15) is 0 Å². The molecule has 1 saturated carbocycles. The summed E-state index contributed by atoms with van der Waals surface area (Å²) < 4.78 is 3.31. The Labute approximate surface area is 194 Å². The standard InChI is InChI=1S/C22H23N11O/c23-6-1-7-32-13-17(11-28-32)16-4-5-19(25-10-16)33-21-18(30-31-33)12-27-22(29-21)26-9-14-2-3-15(8-14)20(24)34/h4-5,10-15H,1-3,7-9H2,(H2,24,34)(H,26,27,29)/t14?,15-/m1/s1. The molecule has 4 heterocycles. The van der Waals surface area contributed by atoms with Crippen LogP contribution in [0.15, 0.2) is 36.9 Å². The topological polar surface area (TPSA) is 166 Å². The van der Waals surface area contributed by atoms with Crippen LogP contribution in [0.3, 0.4) is 0 Å². The molecule has 3 N–H and O–H groups in total. The summed E-state index contributed by atoms with van der Waals surface area (Å²) in [4.78, 5) is 24.8. The highest BCUT2D eigenvalue weighted by Crippen LogP contribution is 2.30. The molecule has 1 unspecified atom stereocenters. The van der Waals surface area contributed by atoms with E-state index in [4.69, 9.17) is 11.0 Å². The van der Waals surface area contributed by atoms with Gasteiger partial charge in [-0.05, 0) is 37.3 Å². The molecule has 0 aromatic carbocycles. The molecule has 0 spiro atoms. The molecule has 4 aromatic rings. The van der Waals surface area contributed by atoms with Gasteiger partial charge in [-0.1, -0.05) is 5.21 Å². The first-order valence-electron chi connectivity index (χ1n) is 11.1. The lowest BCUT2D eigenvalue weighted by Gasteiger charge is -2.11. The summed E-state index contributed by atoms with van der Waals surface area (Å²) in [5.41, 5.74) is 8.35. The summed E-state index contributed by atoms with van der Waals surface area (Å²) >= 11 is 0. The molecule has 1 aliphatic rings. The minimum absolute atomic E-state index is 0.0400. The summed E-state index contributed by atoms with van der Waals surface area (Å²) in [6.07, 6.45) is 9.99. The van der Waals surface area contributed by atoms with E-state index < -0.39 is 0 Å². The normalized spacial score (nSPS) is 17.6. The zero-order chi connectivity index (χ0) is 23.5. The molecular formula is C22H23N11O. The van der Waals surface area contributed by atoms with Crippen molar-refractivity contribution in [1.29, 1.82) is 5.26 Å². The number of nitrogens with zero attached hydrogens (tertiary/aromatic N) is 9. The number of aryl methyl sites for hydroxylation is 1. The van der Waals surface area contributed by atoms with Crippen LogP contribution in [-0.4, -0.2) is 52.2 Å². The maximum atomic E-state index is 11.4. The molecule has 5 rings (SSSR count). The zero-order valence-electron chi connectivity index (χ0n) is 18.4. The first kappa shape index (κ1) is 21.4. The number of fused-ring (bicyclic) bond motifs is 1. The van der Waals surface area contributed by atoms with Gasteiger partial charge in [-0.2, -0.15) is 20.0 Å². The second kappa shape index (κ2) is 9.22. The first-order valence-corrected chi connectivity index (χ1v) is 11.1. The van der Waals surface area contributed by atoms with Crippen molar-refractivity contribution in [3.63, 3.8) is 0 Å². The van der Waals surface area contributed by atoms with Crippen LogP contribution in [0, 0.1) is 23.2 Å². The average Bonchev–Trinajstić information content (AvgIpc) is 3.61. The van der Waals surface area contributed by atoms with Crippen molar-refractivity contribution in [2.45, 2.75) is 32.2 Å². The summed E-state index contributed by atoms with van der Waals surface area (Å²) in [7, 11) is 0. The number of aromatic nitrogens is 8. The van der Waals surface area contributed by atoms with Gasteiger partial charge in [0.05, 0.1) is 31.4 Å². The number of pyridine rings is 1. The van der Waals surface area contributed by atoms with E-state index in [9.17, 15) is 4.79 Å². The Kier molecular flexibility index (Phi) is 5.82. The van der Waals surface area contributed by atoms with Crippen molar-refractivity contribution in [2.24, 2.45) is 17.6 Å². The van der Waals surface area contributed by atoms with Crippen LogP contribution in [0.4, 0.5) is 5.95 Å². The van der Waals surface area contributed by atoms with Crippen molar-refractivity contribution < 1.29 is 4.79 Å². The molecule has 4 aromatic heterocycles. The SMILES string of the molecule is N#CCCn1cc(-c2ccc(-n3nnc4cnc(NCC5CC[C@@H](C(N)=O)C5)nc43)nc2)cn1. The van der Waals surface area contributed by atoms with Gasteiger partial charge >= 0.3 is 0 Å². The molecule has 172 valence electrons. The van der Waals surface area contributed by atoms with Crippen molar-refractivity contribution in [3.8, 4) is 23.0 Å². The van der Waals surface area contributed by atoms with E-state index in [1.54, 1.807) is 28.0 Å². The van der Waals surface area contributed by atoms with Gasteiger partial charge < -0.3 is 11.1 Å². The van der Waals surface area contributed by atoms with E-state index in [2.05, 4.69) is 41.7 Å². The number of nitrogens with one attached hydrogen (secondary N) is 1. The quantitative estimate of drug-likeness (QED) is 0.400. The molecule has 34 heavy (non-hydrogen) atoms. The lowest BCUT2D eigenvalue weighted by atomic mass is 10.0. The number of rotatable bonds is 8. The van der Waals surface area contributed by atoms with E-state index >= 15 is 0 Å². The monoisotopic (exact) mass is 457 g/mol. The molecule has 12 nitrogen and oxygen atoms in total. The molecule has 0 aliphatic heterocycles. The van der Waals surface area contributed by atoms with Gasteiger partial charge in [-0.25, -0.2) is 9.97 Å². The third-order valence-electron chi connectivity index (χ3n) is 6.07. The van der Waals surface area contributed by atoms with E-state index in [-0.39, 0.29) is 11.8 Å². The Bertz CT molecular complexity index is 1350. The van der Waals surface area contributed by atoms with Crippen molar-refractivity contribution in [3.05, 3.63) is 36.9 Å². The highest BCUT2D eigenvalue weighted by atomic mass is 16.1. The van der Waals surface area contributed by atoms with Gasteiger partial charge in [0.2, 0.25) is 11.9 Å². The Balaban J connectivity index is 1.30. The molecule has 0 saturated heterocycles. The van der Waals surface area contributed by atoms with Crippen LogP contribution in [0.25, 0.3) is 28.1 Å². The van der Waals surface area contributed by atoms with E-state index in [1.165, 1.54) is 0 Å². The number of carbonyl (C=O) groups excluding carboxylic acids is 1. The number of primary amides is 1. The van der Waals surface area contributed by atoms with E-state index in [0.717, 1.165) is 30.4 Å². The predicted molar refractivity (Wildman–Crippen MR) is 122 cm³/mol. The second-order valence-corrected chi connectivity index (χ2v) is 8.37. The average molecular weight is 458 g/mol. The summed E-state index contributed by atoms with van der Waals surface area (Å²) in [6.45, 7) is 1.22. The van der Waals surface area contributed by atoms with Gasteiger partial charge in [0.25, 0.3) is 0 Å². The van der Waals surface area contributed by atoms with Crippen LogP contribution in [-0.2, 0) is 11.3 Å². The number of hydrogen-bond donors (Lipinski definition) is 2. The first-order chi connectivity index (χ1) is 16.6. The fourth-order valence-corrected chi connectivity index (χ4v) is 4.20. The highest BCUT2D eigenvalue weighted by molar-refractivity contribution is 5.77. The maximum absolute atomic E-state index is 11.4. The minimum atomic E-state index is -0.221. The van der Waals surface area contributed by atoms with Crippen LogP contribution >= 0.6 is 0 Å². The third-order valence-corrected chi connectivity index (χ3v) is 6.07. The van der Waals surface area contributed by atoms with Crippen LogP contribution in [0.5, 0.6) is 0 Å². The number of carbonyl (C=O) groups is 1. The summed E-state index contributed by atoms with van der Waals surface area (Å²) in [6, 6.07) is 5.88. The number of nitriles is 1. The number of anilines is 1. The fraction of sp³-hybridized carbons (Fsp3) is 0.364. The largest absolute Gasteiger partial charge is 0.369 e. The zero-order valence-corrected chi connectivity index (χ0v) is 18.4. The lowest BCUT2D eigenvalue weighted by Crippen LogP contribution is -2.21. The van der Waals surface area contributed by atoms with E-state index in [0.29, 0.717) is 48.4 Å². The second-order valence-electron chi connectivity index (χ2n) is 8.37. The minimum Gasteiger partial charge on any atom is -0.369 e. The van der Waals surface area contributed by atoms with Gasteiger partial charge in [-0.15, -0.1) is 5.10 Å². The number of nitrogens with two attached hydrogens (primary N) is 1. The predicted octanol–water partition coefficient (Wildman–Crippen LogP) is 1.70. The molecule has 0 bridgehead atoms. The molecule has 1 aliphatic carbocycles. The lowest BCUT2D eigenvalue weighted by molar-refractivity contribution is -0.121. The smallest absolute Gasteiger partial charge is 0.224 e. The molecule has 12 heteroatoms. The molecule has 0 radical (unpaired) electrons. The van der Waals surface area contributed by atoms with E-state index in [1.807, 2.05) is 18.3 Å². The van der Waals surface area contributed by atoms with Gasteiger partial charge in [-0.3, -0.25) is 9.48 Å². The molecular weight excluding hydrogens is 434 g/mol. The Hall–Kier alpha value is -4.40. The Morgan fingerprint density at radius 2 is 2.12 bits per heavy atom. The number of amides is 1. The van der Waals surface area contributed by atoms with Crippen LogP contribution in [0.2, 0.25) is 0 Å². The highest BCUT2D eigenvalue weighted by Gasteiger charge is 2.28. The molecule has 1 amide bonds. The van der Waals surface area contributed by atoms with Crippen LogP contribution in [0.1, 0.15) is 25.7 Å². The molecule has 2 atom stereocenters. The fourth-order valence-electron chi connectivity index (χ4n) is 4.20. The van der Waals surface area contributed by atoms with Crippen molar-refractivity contribution in [2.75, 3.05) is 11.9 Å². The Morgan fingerprint density at radius 1 is 1.21 bits per heavy atom. The van der Waals surface area contributed by atoms with Crippen molar-refractivity contribution in [1.82, 2.24) is 39.7 Å². The van der Waals surface area contributed by atoms with Crippen molar-refractivity contribution >= 4 is 23.0 Å². The van der Waals surface area contributed by atoms with Gasteiger partial charge in [0, 0.05) is 36.0 Å². The maximum Gasteiger partial charge on any atom is 0.224 e.